The molecule has 2 amide bonds. The van der Waals surface area contributed by atoms with E-state index in [2.05, 4.69) is 34.0 Å². The molecule has 0 unspecified atom stereocenters. The molecule has 3 aromatic carbocycles. The van der Waals surface area contributed by atoms with Crippen molar-refractivity contribution >= 4 is 29.3 Å². The van der Waals surface area contributed by atoms with Crippen LogP contribution in [0.25, 0.3) is 0 Å². The van der Waals surface area contributed by atoms with E-state index in [4.69, 9.17) is 14.2 Å². The number of methoxy groups -OCH3 is 2. The van der Waals surface area contributed by atoms with E-state index < -0.39 is 12.1 Å². The molecule has 11 heteroatoms. The van der Waals surface area contributed by atoms with E-state index in [0.29, 0.717) is 35.0 Å². The number of ether oxygens (including phenoxy) is 3. The lowest BCUT2D eigenvalue weighted by Crippen LogP contribution is -2.36. The van der Waals surface area contributed by atoms with Crippen LogP contribution < -0.4 is 24.4 Å². The maximum absolute atomic E-state index is 13.8. The summed E-state index contributed by atoms with van der Waals surface area (Å²) in [6, 6.07) is 23.0. The summed E-state index contributed by atoms with van der Waals surface area (Å²) in [7, 11) is 4.91. The van der Waals surface area contributed by atoms with Crippen molar-refractivity contribution < 1.29 is 23.8 Å². The number of hydrogen-bond donors (Lipinski definition) is 1. The highest BCUT2D eigenvalue weighted by Gasteiger charge is 2.29. The molecule has 0 saturated carbocycles. The van der Waals surface area contributed by atoms with Crippen molar-refractivity contribution in [1.82, 2.24) is 19.8 Å². The molecule has 0 aliphatic carbocycles. The molecule has 1 N–H and O–H groups in total. The summed E-state index contributed by atoms with van der Waals surface area (Å²) >= 11 is 0. The Morgan fingerprint density at radius 1 is 0.891 bits per heavy atom. The van der Waals surface area contributed by atoms with Crippen molar-refractivity contribution in [3.8, 4) is 17.4 Å². The first-order chi connectivity index (χ1) is 22.3. The van der Waals surface area contributed by atoms with Crippen LogP contribution in [-0.4, -0.2) is 79.2 Å². The van der Waals surface area contributed by atoms with E-state index >= 15 is 0 Å². The van der Waals surface area contributed by atoms with E-state index in [9.17, 15) is 9.59 Å². The topological polar surface area (TPSA) is 109 Å². The van der Waals surface area contributed by atoms with Crippen LogP contribution in [0.3, 0.4) is 0 Å². The van der Waals surface area contributed by atoms with Gasteiger partial charge in [-0.25, -0.2) is 9.78 Å². The van der Waals surface area contributed by atoms with Gasteiger partial charge >= 0.3 is 6.09 Å². The van der Waals surface area contributed by atoms with Gasteiger partial charge in [0.15, 0.2) is 0 Å². The standard InChI is InChI=1S/C35H42N6O5/c1-7-40(8-2)23-22-39(4)33(42)27-14-16-28(17-15-27)37-34-36-21-20-32(38-34)46-35(43)41(25(3)26-12-10-9-11-13-26)30-19-18-29(44-5)24-31(30)45-6/h9-21,24-25H,7-8,22-23H2,1-6H3,(H,36,37,38)/t25-/m0/s1. The predicted molar refractivity (Wildman–Crippen MR) is 179 cm³/mol. The number of benzene rings is 3. The van der Waals surface area contributed by atoms with Gasteiger partial charge in [-0.15, -0.1) is 0 Å². The lowest BCUT2D eigenvalue weighted by molar-refractivity contribution is 0.0779. The second-order valence-electron chi connectivity index (χ2n) is 10.5. The summed E-state index contributed by atoms with van der Waals surface area (Å²) in [5.74, 6) is 1.27. The Kier molecular flexibility index (Phi) is 11.9. The predicted octanol–water partition coefficient (Wildman–Crippen LogP) is 6.42. The molecule has 46 heavy (non-hydrogen) atoms. The van der Waals surface area contributed by atoms with E-state index in [0.717, 1.165) is 25.2 Å². The lowest BCUT2D eigenvalue weighted by atomic mass is 10.1. The molecular weight excluding hydrogens is 584 g/mol. The molecule has 1 aromatic heterocycles. The molecule has 0 aliphatic heterocycles. The minimum atomic E-state index is -0.655. The average Bonchev–Trinajstić information content (AvgIpc) is 3.09. The summed E-state index contributed by atoms with van der Waals surface area (Å²) in [6.07, 6.45) is 0.844. The average molecular weight is 627 g/mol. The Morgan fingerprint density at radius 3 is 2.26 bits per heavy atom. The smallest absolute Gasteiger partial charge is 0.421 e. The minimum Gasteiger partial charge on any atom is -0.497 e. The van der Waals surface area contributed by atoms with Crippen molar-refractivity contribution in [3.63, 3.8) is 0 Å². The van der Waals surface area contributed by atoms with Crippen molar-refractivity contribution in [2.24, 2.45) is 0 Å². The third-order valence-electron chi connectivity index (χ3n) is 7.72. The third kappa shape index (κ3) is 8.51. The molecule has 11 nitrogen and oxygen atoms in total. The van der Waals surface area contributed by atoms with Gasteiger partial charge in [0.25, 0.3) is 5.91 Å². The van der Waals surface area contributed by atoms with E-state index in [1.54, 1.807) is 54.5 Å². The summed E-state index contributed by atoms with van der Waals surface area (Å²) in [4.78, 5) is 40.9. The molecule has 0 saturated heterocycles. The van der Waals surface area contributed by atoms with Gasteiger partial charge in [-0.2, -0.15) is 4.98 Å². The van der Waals surface area contributed by atoms with Gasteiger partial charge in [-0.05, 0) is 62.0 Å². The van der Waals surface area contributed by atoms with Gasteiger partial charge in [0.05, 0.1) is 25.9 Å². The second kappa shape index (κ2) is 16.2. The molecular formula is C35H42N6O5. The van der Waals surface area contributed by atoms with Crippen molar-refractivity contribution in [1.29, 1.82) is 0 Å². The largest absolute Gasteiger partial charge is 0.497 e. The van der Waals surface area contributed by atoms with Gasteiger partial charge in [0, 0.05) is 49.7 Å². The summed E-state index contributed by atoms with van der Waals surface area (Å²) < 4.78 is 16.8. The Balaban J connectivity index is 1.49. The van der Waals surface area contributed by atoms with E-state index in [-0.39, 0.29) is 17.7 Å². The van der Waals surface area contributed by atoms with Crippen molar-refractivity contribution in [2.45, 2.75) is 26.8 Å². The zero-order valence-electron chi connectivity index (χ0n) is 27.3. The van der Waals surface area contributed by atoms with Crippen molar-refractivity contribution in [2.75, 3.05) is 57.7 Å². The maximum atomic E-state index is 13.8. The number of carbonyl (C=O) groups is 2. The van der Waals surface area contributed by atoms with Gasteiger partial charge in [0.1, 0.15) is 11.5 Å². The fourth-order valence-corrected chi connectivity index (χ4v) is 4.91. The zero-order valence-corrected chi connectivity index (χ0v) is 27.3. The van der Waals surface area contributed by atoms with Crippen LogP contribution in [0.15, 0.2) is 85.1 Å². The minimum absolute atomic E-state index is 0.0494. The summed E-state index contributed by atoms with van der Waals surface area (Å²) in [6.45, 7) is 9.50. The Bertz CT molecular complexity index is 1580. The van der Waals surface area contributed by atoms with Gasteiger partial charge in [-0.1, -0.05) is 44.2 Å². The van der Waals surface area contributed by atoms with E-state index in [1.165, 1.54) is 24.3 Å². The number of amides is 2. The summed E-state index contributed by atoms with van der Waals surface area (Å²) in [5.41, 5.74) is 2.66. The zero-order chi connectivity index (χ0) is 33.1. The second-order valence-corrected chi connectivity index (χ2v) is 10.5. The molecule has 0 spiro atoms. The number of nitrogens with zero attached hydrogens (tertiary/aromatic N) is 5. The van der Waals surface area contributed by atoms with Crippen LogP contribution in [-0.2, 0) is 0 Å². The van der Waals surface area contributed by atoms with Crippen LogP contribution in [0.1, 0.15) is 42.7 Å². The first-order valence-electron chi connectivity index (χ1n) is 15.2. The maximum Gasteiger partial charge on any atom is 0.421 e. The molecule has 0 radical (unpaired) electrons. The van der Waals surface area contributed by atoms with Crippen LogP contribution in [0.4, 0.5) is 22.1 Å². The normalized spacial score (nSPS) is 11.5. The lowest BCUT2D eigenvalue weighted by Gasteiger charge is -2.30. The molecule has 1 heterocycles. The molecule has 4 aromatic rings. The molecule has 4 rings (SSSR count). The number of rotatable bonds is 14. The number of carbonyl (C=O) groups excluding carboxylic acids is 2. The summed E-state index contributed by atoms with van der Waals surface area (Å²) in [5, 5.41) is 3.12. The van der Waals surface area contributed by atoms with E-state index in [1.807, 2.05) is 44.3 Å². The highest BCUT2D eigenvalue weighted by Crippen LogP contribution is 2.37. The molecule has 0 bridgehead atoms. The first-order valence-corrected chi connectivity index (χ1v) is 15.2. The highest BCUT2D eigenvalue weighted by atomic mass is 16.6. The number of anilines is 3. The quantitative estimate of drug-likeness (QED) is 0.170. The van der Waals surface area contributed by atoms with Crippen LogP contribution >= 0.6 is 0 Å². The fraction of sp³-hybridized carbons (Fsp3) is 0.314. The Hall–Kier alpha value is -5.16. The number of hydrogen-bond acceptors (Lipinski definition) is 9. The van der Waals surface area contributed by atoms with Crippen LogP contribution in [0.2, 0.25) is 0 Å². The number of aromatic nitrogens is 2. The van der Waals surface area contributed by atoms with Gasteiger partial charge in [0.2, 0.25) is 11.8 Å². The van der Waals surface area contributed by atoms with Gasteiger partial charge < -0.3 is 29.3 Å². The highest BCUT2D eigenvalue weighted by molar-refractivity contribution is 5.94. The number of likely N-dealkylation sites (N-methyl/N-ethyl adjacent to an activating group) is 2. The van der Waals surface area contributed by atoms with Crippen LogP contribution in [0.5, 0.6) is 17.4 Å². The Morgan fingerprint density at radius 2 is 1.61 bits per heavy atom. The first kappa shape index (κ1) is 33.7. The monoisotopic (exact) mass is 626 g/mol. The third-order valence-corrected chi connectivity index (χ3v) is 7.72. The molecule has 1 atom stereocenters. The van der Waals surface area contributed by atoms with Crippen molar-refractivity contribution in [3.05, 3.63) is 96.2 Å². The molecule has 242 valence electrons. The Labute approximate surface area is 270 Å². The molecule has 0 aliphatic rings. The van der Waals surface area contributed by atoms with Gasteiger partial charge in [-0.3, -0.25) is 9.69 Å². The van der Waals surface area contributed by atoms with Crippen LogP contribution in [0, 0.1) is 0 Å². The fourth-order valence-electron chi connectivity index (χ4n) is 4.91. The SMILES string of the molecule is CCN(CC)CCN(C)C(=O)c1ccc(Nc2nccc(OC(=O)N(c3ccc(OC)cc3OC)[C@@H](C)c3ccccc3)n2)cc1. The molecule has 0 fully saturated rings. The number of nitrogens with one attached hydrogen (secondary N) is 1.